The van der Waals surface area contributed by atoms with Crippen LogP contribution in [0.25, 0.3) is 0 Å². The van der Waals surface area contributed by atoms with Gasteiger partial charge in [-0.3, -0.25) is 9.59 Å². The van der Waals surface area contributed by atoms with Crippen molar-refractivity contribution in [3.8, 4) is 0 Å². The molecule has 0 heterocycles. The smallest absolute Gasteiger partial charge is 0.244 e. The molecule has 0 radical (unpaired) electrons. The van der Waals surface area contributed by atoms with Gasteiger partial charge in [-0.1, -0.05) is 57.5 Å². The first-order valence-electron chi connectivity index (χ1n) is 9.19. The summed E-state index contributed by atoms with van der Waals surface area (Å²) < 4.78 is 0. The fourth-order valence-electron chi connectivity index (χ4n) is 2.62. The van der Waals surface area contributed by atoms with Gasteiger partial charge in [-0.15, -0.1) is 0 Å². The molecule has 2 amide bonds. The van der Waals surface area contributed by atoms with Gasteiger partial charge in [0.15, 0.2) is 0 Å². The van der Waals surface area contributed by atoms with Gasteiger partial charge in [0.1, 0.15) is 6.04 Å². The highest BCUT2D eigenvalue weighted by Crippen LogP contribution is 2.07. The second-order valence-corrected chi connectivity index (χ2v) is 7.03. The summed E-state index contributed by atoms with van der Waals surface area (Å²) in [6.45, 7) is 6.78. The molecule has 0 bridgehead atoms. The van der Waals surface area contributed by atoms with Crippen molar-refractivity contribution < 1.29 is 9.59 Å². The molecule has 0 aliphatic carbocycles. The summed E-state index contributed by atoms with van der Waals surface area (Å²) in [7, 11) is 1.78. The van der Waals surface area contributed by atoms with E-state index in [1.807, 2.05) is 37.3 Å². The Morgan fingerprint density at radius 1 is 1.16 bits per heavy atom. The van der Waals surface area contributed by atoms with E-state index < -0.39 is 6.04 Å². The summed E-state index contributed by atoms with van der Waals surface area (Å²) in [6, 6.07) is 9.16. The summed E-state index contributed by atoms with van der Waals surface area (Å²) in [6.07, 6.45) is 2.52. The molecule has 0 spiro atoms. The van der Waals surface area contributed by atoms with Crippen molar-refractivity contribution in [3.05, 3.63) is 35.9 Å². The molecule has 140 valence electrons. The molecule has 25 heavy (non-hydrogen) atoms. The van der Waals surface area contributed by atoms with Gasteiger partial charge in [0.05, 0.1) is 6.42 Å². The predicted octanol–water partition coefficient (Wildman–Crippen LogP) is 2.35. The first-order chi connectivity index (χ1) is 11.8. The third-order valence-corrected chi connectivity index (χ3v) is 4.45. The molecule has 0 saturated heterocycles. The fourth-order valence-corrected chi connectivity index (χ4v) is 2.62. The van der Waals surface area contributed by atoms with Crippen LogP contribution in [0.1, 0.15) is 45.6 Å². The van der Waals surface area contributed by atoms with Crippen LogP contribution < -0.4 is 11.1 Å². The molecule has 0 aromatic heterocycles. The molecular formula is C20H33N3O2. The highest BCUT2D eigenvalue weighted by atomic mass is 16.2. The summed E-state index contributed by atoms with van der Waals surface area (Å²) in [5.74, 6) is 0.227. The molecular weight excluding hydrogens is 314 g/mol. The lowest BCUT2D eigenvalue weighted by molar-refractivity contribution is -0.135. The van der Waals surface area contributed by atoms with Gasteiger partial charge in [0.25, 0.3) is 0 Å². The number of hydrogen-bond acceptors (Lipinski definition) is 3. The molecule has 0 aliphatic heterocycles. The quantitative estimate of drug-likeness (QED) is 0.682. The third kappa shape index (κ3) is 7.69. The molecule has 0 aliphatic rings. The summed E-state index contributed by atoms with van der Waals surface area (Å²) in [5.41, 5.74) is 7.00. The minimum absolute atomic E-state index is 0.0424. The number of nitrogens with two attached hydrogens (primary N) is 1. The van der Waals surface area contributed by atoms with E-state index >= 15 is 0 Å². The van der Waals surface area contributed by atoms with Crippen LogP contribution in [0, 0.1) is 5.92 Å². The topological polar surface area (TPSA) is 75.4 Å². The summed E-state index contributed by atoms with van der Waals surface area (Å²) >= 11 is 0. The standard InChI is InChI=1S/C20H33N3O2/c1-5-9-18(20(25)23(4)13-12-17(21)15(2)3)22-19(24)14-16-10-7-6-8-11-16/h6-8,10-11,15,17-18H,5,9,12-14,21H2,1-4H3,(H,22,24). The van der Waals surface area contributed by atoms with Crippen molar-refractivity contribution in [2.75, 3.05) is 13.6 Å². The van der Waals surface area contributed by atoms with Crippen LogP contribution in [-0.2, 0) is 16.0 Å². The van der Waals surface area contributed by atoms with Gasteiger partial charge < -0.3 is 16.0 Å². The normalized spacial score (nSPS) is 13.4. The zero-order valence-corrected chi connectivity index (χ0v) is 16.0. The highest BCUT2D eigenvalue weighted by Gasteiger charge is 2.23. The van der Waals surface area contributed by atoms with E-state index in [0.717, 1.165) is 18.4 Å². The van der Waals surface area contributed by atoms with E-state index in [1.54, 1.807) is 11.9 Å². The Morgan fingerprint density at radius 2 is 1.80 bits per heavy atom. The number of carbonyl (C=O) groups is 2. The van der Waals surface area contributed by atoms with Crippen molar-refractivity contribution in [2.45, 2.75) is 58.5 Å². The maximum Gasteiger partial charge on any atom is 0.244 e. The van der Waals surface area contributed by atoms with E-state index in [0.29, 0.717) is 18.9 Å². The van der Waals surface area contributed by atoms with E-state index in [2.05, 4.69) is 19.2 Å². The molecule has 1 aromatic carbocycles. The van der Waals surface area contributed by atoms with E-state index in [4.69, 9.17) is 5.73 Å². The lowest BCUT2D eigenvalue weighted by Crippen LogP contribution is -2.48. The number of rotatable bonds is 10. The fraction of sp³-hybridized carbons (Fsp3) is 0.600. The number of nitrogens with one attached hydrogen (secondary N) is 1. The first kappa shape index (κ1) is 21.2. The lowest BCUT2D eigenvalue weighted by atomic mass is 10.0. The number of benzene rings is 1. The largest absolute Gasteiger partial charge is 0.344 e. The molecule has 0 fully saturated rings. The van der Waals surface area contributed by atoms with E-state index in [1.165, 1.54) is 0 Å². The van der Waals surface area contributed by atoms with Crippen LogP contribution in [0.3, 0.4) is 0 Å². The van der Waals surface area contributed by atoms with Gasteiger partial charge in [0, 0.05) is 19.6 Å². The van der Waals surface area contributed by atoms with Crippen LogP contribution in [0.2, 0.25) is 0 Å². The molecule has 1 rings (SSSR count). The van der Waals surface area contributed by atoms with Crippen molar-refractivity contribution in [2.24, 2.45) is 11.7 Å². The average molecular weight is 348 g/mol. The first-order valence-corrected chi connectivity index (χ1v) is 9.19. The second-order valence-electron chi connectivity index (χ2n) is 7.03. The van der Waals surface area contributed by atoms with Crippen LogP contribution in [0.5, 0.6) is 0 Å². The monoisotopic (exact) mass is 347 g/mol. The Balaban J connectivity index is 2.58. The Bertz CT molecular complexity index is 531. The van der Waals surface area contributed by atoms with Crippen LogP contribution in [-0.4, -0.2) is 42.4 Å². The minimum atomic E-state index is -0.471. The maximum absolute atomic E-state index is 12.7. The molecule has 0 saturated carbocycles. The summed E-state index contributed by atoms with van der Waals surface area (Å²) in [4.78, 5) is 26.6. The Hall–Kier alpha value is -1.88. The van der Waals surface area contributed by atoms with Gasteiger partial charge in [0.2, 0.25) is 11.8 Å². The molecule has 1 aromatic rings. The van der Waals surface area contributed by atoms with Crippen LogP contribution in [0.4, 0.5) is 0 Å². The maximum atomic E-state index is 12.7. The van der Waals surface area contributed by atoms with Gasteiger partial charge in [-0.25, -0.2) is 0 Å². The minimum Gasteiger partial charge on any atom is -0.344 e. The molecule has 5 heteroatoms. The van der Waals surface area contributed by atoms with Crippen molar-refractivity contribution in [3.63, 3.8) is 0 Å². The molecule has 3 N–H and O–H groups in total. The Kier molecular flexibility index (Phi) is 9.21. The molecule has 2 atom stereocenters. The highest BCUT2D eigenvalue weighted by molar-refractivity contribution is 5.88. The second kappa shape index (κ2) is 10.9. The number of hydrogen-bond donors (Lipinski definition) is 2. The van der Waals surface area contributed by atoms with Crippen molar-refractivity contribution in [1.29, 1.82) is 0 Å². The Labute approximate surface area is 152 Å². The van der Waals surface area contributed by atoms with Gasteiger partial charge in [-0.05, 0) is 24.3 Å². The summed E-state index contributed by atoms with van der Waals surface area (Å²) in [5, 5.41) is 2.90. The number of carbonyl (C=O) groups excluding carboxylic acids is 2. The van der Waals surface area contributed by atoms with Crippen molar-refractivity contribution in [1.82, 2.24) is 10.2 Å². The van der Waals surface area contributed by atoms with Crippen LogP contribution >= 0.6 is 0 Å². The third-order valence-electron chi connectivity index (χ3n) is 4.45. The molecule has 2 unspecified atom stereocenters. The predicted molar refractivity (Wildman–Crippen MR) is 102 cm³/mol. The SMILES string of the molecule is CCCC(NC(=O)Cc1ccccc1)C(=O)N(C)CCC(N)C(C)C. The average Bonchev–Trinajstić information content (AvgIpc) is 2.59. The number of nitrogens with zero attached hydrogens (tertiary/aromatic N) is 1. The molecule has 5 nitrogen and oxygen atoms in total. The van der Waals surface area contributed by atoms with E-state index in [9.17, 15) is 9.59 Å². The zero-order chi connectivity index (χ0) is 18.8. The van der Waals surface area contributed by atoms with E-state index in [-0.39, 0.29) is 24.3 Å². The van der Waals surface area contributed by atoms with Gasteiger partial charge in [-0.2, -0.15) is 0 Å². The zero-order valence-electron chi connectivity index (χ0n) is 16.0. The van der Waals surface area contributed by atoms with Gasteiger partial charge >= 0.3 is 0 Å². The lowest BCUT2D eigenvalue weighted by Gasteiger charge is -2.26. The number of likely N-dealkylation sites (N-methyl/N-ethyl adjacent to an activating group) is 1. The van der Waals surface area contributed by atoms with Crippen LogP contribution in [0.15, 0.2) is 30.3 Å². The van der Waals surface area contributed by atoms with Crippen molar-refractivity contribution >= 4 is 11.8 Å². The Morgan fingerprint density at radius 3 is 2.36 bits per heavy atom. The number of amides is 2.